The normalized spacial score (nSPS) is 11.4. The molecule has 0 unspecified atom stereocenters. The molecule has 0 amide bonds. The van der Waals surface area contributed by atoms with E-state index < -0.39 is 5.97 Å². The molecular weight excluding hydrogens is 340 g/mol. The topological polar surface area (TPSA) is 84.8 Å². The van der Waals surface area contributed by atoms with Crippen LogP contribution in [0.2, 0.25) is 0 Å². The van der Waals surface area contributed by atoms with Crippen LogP contribution in [0.25, 0.3) is 0 Å². The molecule has 2 aromatic rings. The van der Waals surface area contributed by atoms with Gasteiger partial charge in [-0.05, 0) is 29.4 Å². The maximum atomic E-state index is 11.8. The molecule has 0 bridgehead atoms. The molecule has 25 heavy (non-hydrogen) atoms. The summed E-state index contributed by atoms with van der Waals surface area (Å²) in [6.45, 7) is 2.13. The average Bonchev–Trinajstić information content (AvgIpc) is 2.58. The van der Waals surface area contributed by atoms with E-state index in [2.05, 4.69) is 0 Å². The van der Waals surface area contributed by atoms with Gasteiger partial charge >= 0.3 is 11.1 Å². The lowest BCUT2D eigenvalue weighted by atomic mass is 10.0. The van der Waals surface area contributed by atoms with Crippen molar-refractivity contribution >= 4 is 29.0 Å². The lowest BCUT2D eigenvalue weighted by Crippen LogP contribution is -2.36. The number of carboxylic acids is 1. The largest absolute Gasteiger partial charge is 0.489 e. The highest BCUT2D eigenvalue weighted by atomic mass is 32.1. The lowest BCUT2D eigenvalue weighted by Gasteiger charge is -2.13. The molecule has 6 nitrogen and oxygen atoms in total. The van der Waals surface area contributed by atoms with Crippen molar-refractivity contribution in [2.24, 2.45) is 5.73 Å². The summed E-state index contributed by atoms with van der Waals surface area (Å²) in [6, 6.07) is 14.6. The van der Waals surface area contributed by atoms with Crippen LogP contribution in [0.15, 0.2) is 48.5 Å². The van der Waals surface area contributed by atoms with E-state index in [1.165, 1.54) is 7.11 Å². The molecule has 0 fully saturated rings. The number of aliphatic carboxylic acids is 1. The van der Waals surface area contributed by atoms with Crippen LogP contribution in [0.5, 0.6) is 5.75 Å². The number of hydrogen-bond donors (Lipinski definition) is 2. The lowest BCUT2D eigenvalue weighted by molar-refractivity contribution is -0.695. The first-order valence-corrected chi connectivity index (χ1v) is 7.87. The Morgan fingerprint density at radius 3 is 2.44 bits per heavy atom. The Labute approximate surface area is 151 Å². The van der Waals surface area contributed by atoms with Crippen molar-refractivity contribution < 1.29 is 24.2 Å². The van der Waals surface area contributed by atoms with Gasteiger partial charge in [-0.1, -0.05) is 36.4 Å². The zero-order valence-electron chi connectivity index (χ0n) is 13.9. The van der Waals surface area contributed by atoms with Crippen LogP contribution in [-0.4, -0.2) is 33.7 Å². The van der Waals surface area contributed by atoms with Gasteiger partial charge < -0.3 is 14.7 Å². The standard InChI is InChI=1S/C18H18N2O4S/c1-12-7-3-6-10-15(12)24-11-13-8-4-5-9-14(13)16(17(21)22)20(23-2)18(19)25/h3-10H,11H2,1-2H3,(H2-,19,21,22,25)/p+1. The van der Waals surface area contributed by atoms with Crippen molar-refractivity contribution in [3.8, 4) is 5.75 Å². The molecule has 130 valence electrons. The summed E-state index contributed by atoms with van der Waals surface area (Å²) in [5.74, 6) is -0.481. The van der Waals surface area contributed by atoms with Gasteiger partial charge in [0.1, 0.15) is 19.5 Å². The second-order valence-corrected chi connectivity index (χ2v) is 5.60. The van der Waals surface area contributed by atoms with Gasteiger partial charge in [0.05, 0.1) is 0 Å². The van der Waals surface area contributed by atoms with E-state index in [-0.39, 0.29) is 17.4 Å². The monoisotopic (exact) mass is 359 g/mol. The molecule has 0 saturated heterocycles. The minimum atomic E-state index is -1.21. The van der Waals surface area contributed by atoms with Gasteiger partial charge in [0.25, 0.3) is 5.71 Å². The molecule has 7 heteroatoms. The quantitative estimate of drug-likeness (QED) is 0.356. The summed E-state index contributed by atoms with van der Waals surface area (Å²) in [4.78, 5) is 16.8. The van der Waals surface area contributed by atoms with E-state index in [0.717, 1.165) is 16.1 Å². The summed E-state index contributed by atoms with van der Waals surface area (Å²) < 4.78 is 6.74. The van der Waals surface area contributed by atoms with Gasteiger partial charge in [-0.2, -0.15) is 0 Å². The molecule has 0 heterocycles. The molecule has 0 radical (unpaired) electrons. The molecule has 0 saturated carbocycles. The highest BCUT2D eigenvalue weighted by Crippen LogP contribution is 2.19. The second kappa shape index (κ2) is 8.25. The van der Waals surface area contributed by atoms with Gasteiger partial charge in [-0.15, -0.1) is 0 Å². The average molecular weight is 359 g/mol. The molecule has 0 aliphatic heterocycles. The number of rotatable bonds is 6. The third kappa shape index (κ3) is 4.33. The molecule has 2 aromatic carbocycles. The maximum Gasteiger partial charge on any atom is 0.381 e. The Morgan fingerprint density at radius 1 is 1.20 bits per heavy atom. The van der Waals surface area contributed by atoms with Gasteiger partial charge in [-0.3, -0.25) is 5.73 Å². The first-order chi connectivity index (χ1) is 12.0. The third-order valence-electron chi connectivity index (χ3n) is 3.54. The van der Waals surface area contributed by atoms with Crippen molar-refractivity contribution in [1.29, 1.82) is 0 Å². The minimum Gasteiger partial charge on any atom is -0.489 e. The number of aryl methyl sites for hydroxylation is 1. The maximum absolute atomic E-state index is 11.8. The molecular formula is C18H19N2O4S+. The van der Waals surface area contributed by atoms with Crippen LogP contribution < -0.4 is 10.5 Å². The minimum absolute atomic E-state index is 0.168. The Bertz CT molecular complexity index is 833. The fraction of sp³-hybridized carbons (Fsp3) is 0.167. The van der Waals surface area contributed by atoms with E-state index in [0.29, 0.717) is 11.1 Å². The Balaban J connectivity index is 2.44. The van der Waals surface area contributed by atoms with Crippen molar-refractivity contribution in [3.05, 3.63) is 65.2 Å². The first-order valence-electron chi connectivity index (χ1n) is 7.46. The van der Waals surface area contributed by atoms with Crippen LogP contribution in [-0.2, 0) is 16.2 Å². The summed E-state index contributed by atoms with van der Waals surface area (Å²) in [7, 11) is 1.30. The third-order valence-corrected chi connectivity index (χ3v) is 3.70. The highest BCUT2D eigenvalue weighted by Gasteiger charge is 2.27. The summed E-state index contributed by atoms with van der Waals surface area (Å²) in [5.41, 5.74) is 7.48. The number of hydroxylamine groups is 1. The highest BCUT2D eigenvalue weighted by molar-refractivity contribution is 7.79. The number of carboxylic acid groups (broad SMARTS) is 1. The first kappa shape index (κ1) is 18.4. The van der Waals surface area contributed by atoms with Crippen LogP contribution in [0.4, 0.5) is 0 Å². The number of ether oxygens (including phenoxy) is 1. The fourth-order valence-electron chi connectivity index (χ4n) is 2.35. The zero-order valence-corrected chi connectivity index (χ0v) is 14.7. The number of carbonyl (C=O) groups is 1. The van der Waals surface area contributed by atoms with Crippen LogP contribution in [0, 0.1) is 6.92 Å². The van der Waals surface area contributed by atoms with E-state index in [1.54, 1.807) is 24.3 Å². The molecule has 0 spiro atoms. The number of hydrogen-bond acceptors (Lipinski definition) is 4. The predicted octanol–water partition coefficient (Wildman–Crippen LogP) is 2.27. The zero-order chi connectivity index (χ0) is 18.4. The van der Waals surface area contributed by atoms with E-state index in [4.69, 9.17) is 27.5 Å². The molecule has 3 N–H and O–H groups in total. The second-order valence-electron chi connectivity index (χ2n) is 5.18. The van der Waals surface area contributed by atoms with Crippen LogP contribution in [0.1, 0.15) is 16.7 Å². The SMILES string of the molecule is CO[N+](C(N)=S)=C(C(=O)O)c1ccccc1COc1ccccc1C. The number of para-hydroxylation sites is 1. The Hall–Kier alpha value is -2.93. The van der Waals surface area contributed by atoms with Gasteiger partial charge in [0.2, 0.25) is 0 Å². The van der Waals surface area contributed by atoms with Gasteiger partial charge in [-0.25, -0.2) is 4.79 Å². The van der Waals surface area contributed by atoms with Crippen molar-refractivity contribution in [3.63, 3.8) is 0 Å². The Morgan fingerprint density at radius 2 is 1.84 bits per heavy atom. The molecule has 0 aliphatic carbocycles. The molecule has 0 aliphatic rings. The van der Waals surface area contributed by atoms with Gasteiger partial charge in [0.15, 0.2) is 0 Å². The number of nitrogens with two attached hydrogens (primary N) is 1. The smallest absolute Gasteiger partial charge is 0.381 e. The molecule has 0 atom stereocenters. The number of nitrogens with zero attached hydrogens (tertiary/aromatic N) is 1. The number of benzene rings is 2. The molecule has 0 aromatic heterocycles. The van der Waals surface area contributed by atoms with Crippen molar-refractivity contribution in [1.82, 2.24) is 0 Å². The Kier molecular flexibility index (Phi) is 6.08. The van der Waals surface area contributed by atoms with Crippen molar-refractivity contribution in [2.45, 2.75) is 13.5 Å². The summed E-state index contributed by atoms with van der Waals surface area (Å²) in [6.07, 6.45) is 0. The summed E-state index contributed by atoms with van der Waals surface area (Å²) in [5, 5.41) is 9.42. The van der Waals surface area contributed by atoms with E-state index in [1.807, 2.05) is 31.2 Å². The number of thiocarbonyl (C=S) groups is 1. The molecule has 2 rings (SSSR count). The van der Waals surface area contributed by atoms with Crippen LogP contribution in [0.3, 0.4) is 0 Å². The van der Waals surface area contributed by atoms with E-state index >= 15 is 0 Å². The van der Waals surface area contributed by atoms with Gasteiger partial charge in [0, 0.05) is 23.3 Å². The van der Waals surface area contributed by atoms with Crippen molar-refractivity contribution in [2.75, 3.05) is 7.11 Å². The predicted molar refractivity (Wildman–Crippen MR) is 97.8 cm³/mol. The fourth-order valence-corrected chi connectivity index (χ4v) is 2.52. The van der Waals surface area contributed by atoms with Crippen LogP contribution >= 0.6 is 12.2 Å². The van der Waals surface area contributed by atoms with E-state index in [9.17, 15) is 9.90 Å². The summed E-state index contributed by atoms with van der Waals surface area (Å²) >= 11 is 4.88.